The molecule has 3 aliphatic rings. The second kappa shape index (κ2) is 8.16. The van der Waals surface area contributed by atoms with E-state index in [1.165, 1.54) is 30.3 Å². The Kier molecular flexibility index (Phi) is 5.52. The van der Waals surface area contributed by atoms with Gasteiger partial charge in [0, 0.05) is 11.8 Å². The average molecular weight is 469 g/mol. The third kappa shape index (κ3) is 3.36. The molecule has 2 aromatic carbocycles. The molecule has 4 N–H and O–H groups in total. The maximum atomic E-state index is 14.0. The predicted octanol–water partition coefficient (Wildman–Crippen LogP) is 1.21. The first-order chi connectivity index (χ1) is 16.2. The van der Waals surface area contributed by atoms with Gasteiger partial charge in [0.25, 0.3) is 0 Å². The zero-order valence-corrected chi connectivity index (χ0v) is 18.5. The Hall–Kier alpha value is -2.79. The number of phenolic OH excluding ortho intramolecular Hbond substituents is 1. The summed E-state index contributed by atoms with van der Waals surface area (Å²) in [5.41, 5.74) is 0.819. The fourth-order valence-corrected chi connectivity index (χ4v) is 5.96. The Bertz CT molecular complexity index is 1160. The van der Waals surface area contributed by atoms with Gasteiger partial charge in [-0.15, -0.1) is 0 Å². The number of carbonyl (C=O) groups is 2. The maximum absolute atomic E-state index is 14.0. The molecule has 34 heavy (non-hydrogen) atoms. The molecule has 10 heteroatoms. The molecule has 2 amide bonds. The quantitative estimate of drug-likeness (QED) is 0.392. The monoisotopic (exact) mass is 469 g/mol. The van der Waals surface area contributed by atoms with Crippen LogP contribution in [0.5, 0.6) is 5.75 Å². The highest BCUT2D eigenvalue weighted by atomic mass is 19.1. The third-order valence-electron chi connectivity index (χ3n) is 7.63. The highest BCUT2D eigenvalue weighted by Gasteiger charge is 2.66. The molecule has 2 saturated heterocycles. The van der Waals surface area contributed by atoms with Crippen LogP contribution in [0.3, 0.4) is 0 Å². The van der Waals surface area contributed by atoms with Crippen molar-refractivity contribution in [3.63, 3.8) is 0 Å². The highest BCUT2D eigenvalue weighted by Crippen LogP contribution is 2.59. The molecule has 0 aromatic heterocycles. The van der Waals surface area contributed by atoms with Crippen molar-refractivity contribution in [2.24, 2.45) is 23.7 Å². The summed E-state index contributed by atoms with van der Waals surface area (Å²) in [4.78, 5) is 28.0. The van der Waals surface area contributed by atoms with E-state index in [0.717, 1.165) is 11.0 Å². The number of nitrogens with zero attached hydrogens (tertiary/aromatic N) is 1. The van der Waals surface area contributed by atoms with Crippen LogP contribution in [0.4, 0.5) is 10.1 Å². The van der Waals surface area contributed by atoms with Crippen LogP contribution in [0.1, 0.15) is 37.9 Å². The number of amides is 2. The van der Waals surface area contributed by atoms with Crippen LogP contribution in [-0.2, 0) is 14.3 Å². The van der Waals surface area contributed by atoms with Gasteiger partial charge in [-0.25, -0.2) is 4.39 Å². The number of hydrogen-bond acceptors (Lipinski definition) is 7. The molecule has 0 spiro atoms. The number of anilines is 1. The zero-order valence-electron chi connectivity index (χ0n) is 18.5. The van der Waals surface area contributed by atoms with Gasteiger partial charge < -0.3 is 25.0 Å². The van der Waals surface area contributed by atoms with Gasteiger partial charge in [0.15, 0.2) is 17.4 Å². The molecule has 8 nitrogen and oxygen atoms in total. The molecule has 0 bridgehead atoms. The van der Waals surface area contributed by atoms with Gasteiger partial charge >= 0.3 is 7.12 Å². The number of imide groups is 1. The fraction of sp³-hybridized carbons (Fsp3) is 0.417. The topological polar surface area (TPSA) is 128 Å². The van der Waals surface area contributed by atoms with Crippen molar-refractivity contribution in [1.82, 2.24) is 0 Å². The Labute approximate surface area is 195 Å². The van der Waals surface area contributed by atoms with Crippen LogP contribution in [0.15, 0.2) is 42.5 Å². The fourth-order valence-electron chi connectivity index (χ4n) is 5.96. The molecule has 2 aromatic rings. The van der Waals surface area contributed by atoms with E-state index >= 15 is 0 Å². The SMILES string of the molecule is CC[C@H]1C[C@@H]2C(=O)N(c3cccc(B(O)O)c3)C(=O)[C@@H]2[C@@H]2C[C@@H](c3ccc(O)c(F)c3)O[C@]12O. The average Bonchev–Trinajstić information content (AvgIpc) is 3.29. The van der Waals surface area contributed by atoms with E-state index in [-0.39, 0.29) is 29.9 Å². The molecule has 0 unspecified atom stereocenters. The van der Waals surface area contributed by atoms with E-state index in [1.54, 1.807) is 6.07 Å². The second-order valence-electron chi connectivity index (χ2n) is 9.37. The molecular formula is C24H25BFNO7. The number of hydrogen-bond donors (Lipinski definition) is 4. The van der Waals surface area contributed by atoms with Crippen molar-refractivity contribution in [1.29, 1.82) is 0 Å². The van der Waals surface area contributed by atoms with E-state index in [9.17, 15) is 34.2 Å². The van der Waals surface area contributed by atoms with Gasteiger partial charge in [0.2, 0.25) is 11.8 Å². The van der Waals surface area contributed by atoms with Crippen LogP contribution in [0.2, 0.25) is 0 Å². The summed E-state index contributed by atoms with van der Waals surface area (Å²) < 4.78 is 20.1. The molecule has 3 fully saturated rings. The van der Waals surface area contributed by atoms with E-state index < -0.39 is 60.2 Å². The largest absolute Gasteiger partial charge is 0.505 e. The molecule has 0 radical (unpaired) electrons. The number of phenols is 1. The van der Waals surface area contributed by atoms with Crippen molar-refractivity contribution in [2.45, 2.75) is 38.1 Å². The van der Waals surface area contributed by atoms with Gasteiger partial charge in [-0.05, 0) is 54.6 Å². The lowest BCUT2D eigenvalue weighted by Gasteiger charge is -2.44. The van der Waals surface area contributed by atoms with E-state index in [4.69, 9.17) is 4.74 Å². The van der Waals surface area contributed by atoms with Crippen LogP contribution >= 0.6 is 0 Å². The highest BCUT2D eigenvalue weighted by molar-refractivity contribution is 6.58. The Balaban J connectivity index is 1.51. The van der Waals surface area contributed by atoms with Crippen molar-refractivity contribution in [3.05, 3.63) is 53.8 Å². The first-order valence-corrected chi connectivity index (χ1v) is 11.4. The van der Waals surface area contributed by atoms with Crippen molar-refractivity contribution in [3.8, 4) is 5.75 Å². The second-order valence-corrected chi connectivity index (χ2v) is 9.37. The number of ether oxygens (including phenoxy) is 1. The molecule has 1 aliphatic carbocycles. The molecule has 6 atom stereocenters. The van der Waals surface area contributed by atoms with Crippen LogP contribution in [0, 0.1) is 29.5 Å². The summed E-state index contributed by atoms with van der Waals surface area (Å²) in [6.07, 6.45) is 0.276. The molecular weight excluding hydrogens is 444 g/mol. The number of benzene rings is 2. The van der Waals surface area contributed by atoms with Gasteiger partial charge in [-0.3, -0.25) is 14.5 Å². The summed E-state index contributed by atoms with van der Waals surface area (Å²) in [6, 6.07) is 9.83. The maximum Gasteiger partial charge on any atom is 0.488 e. The van der Waals surface area contributed by atoms with Crippen molar-refractivity contribution >= 4 is 30.1 Å². The molecule has 2 aliphatic heterocycles. The molecule has 1 saturated carbocycles. The molecule has 178 valence electrons. The molecule has 2 heterocycles. The number of aliphatic hydroxyl groups is 1. The first-order valence-electron chi connectivity index (χ1n) is 11.4. The minimum atomic E-state index is -1.75. The Morgan fingerprint density at radius 2 is 1.91 bits per heavy atom. The number of aromatic hydroxyl groups is 1. The first kappa shape index (κ1) is 23.0. The van der Waals surface area contributed by atoms with Gasteiger partial charge in [0.1, 0.15) is 0 Å². The predicted molar refractivity (Wildman–Crippen MR) is 119 cm³/mol. The summed E-state index contributed by atoms with van der Waals surface area (Å²) in [6.45, 7) is 1.88. The van der Waals surface area contributed by atoms with E-state index in [0.29, 0.717) is 12.0 Å². The van der Waals surface area contributed by atoms with Gasteiger partial charge in [0.05, 0.1) is 23.6 Å². The van der Waals surface area contributed by atoms with Crippen LogP contribution in [-0.4, -0.2) is 45.0 Å². The lowest BCUT2D eigenvalue weighted by atomic mass is 9.64. The van der Waals surface area contributed by atoms with Gasteiger partial charge in [-0.1, -0.05) is 25.1 Å². The summed E-state index contributed by atoms with van der Waals surface area (Å²) in [7, 11) is -1.75. The smallest absolute Gasteiger partial charge is 0.488 e. The normalized spacial score (nSPS) is 32.6. The van der Waals surface area contributed by atoms with Crippen LogP contribution < -0.4 is 10.4 Å². The van der Waals surface area contributed by atoms with Gasteiger partial charge in [-0.2, -0.15) is 0 Å². The Morgan fingerprint density at radius 3 is 2.59 bits per heavy atom. The number of fused-ring (bicyclic) bond motifs is 3. The summed E-state index contributed by atoms with van der Waals surface area (Å²) in [5, 5.41) is 40.2. The van der Waals surface area contributed by atoms with Crippen LogP contribution in [0.25, 0.3) is 0 Å². The number of rotatable bonds is 4. The minimum Gasteiger partial charge on any atom is -0.505 e. The molecule has 5 rings (SSSR count). The minimum absolute atomic E-state index is 0.148. The number of carbonyl (C=O) groups excluding carboxylic acids is 2. The summed E-state index contributed by atoms with van der Waals surface area (Å²) in [5.74, 6) is -6.40. The number of halogens is 1. The van der Waals surface area contributed by atoms with E-state index in [2.05, 4.69) is 0 Å². The summed E-state index contributed by atoms with van der Waals surface area (Å²) >= 11 is 0. The third-order valence-corrected chi connectivity index (χ3v) is 7.63. The lowest BCUT2D eigenvalue weighted by Crippen LogP contribution is -2.53. The standard InChI is InChI=1S/C24H25BFNO7/c1-2-13-9-16-21(23(30)27(22(16)29)15-5-3-4-14(10-15)25(32)33)17-11-20(34-24(13,17)31)12-6-7-19(28)18(26)8-12/h3-8,10,13,16-17,20-21,28,31-33H,2,9,11H2,1H3/t13-,16-,17-,20-,21-,24+/m0/s1. The lowest BCUT2D eigenvalue weighted by molar-refractivity contribution is -0.269. The Morgan fingerprint density at radius 1 is 1.15 bits per heavy atom. The zero-order chi connectivity index (χ0) is 24.4. The van der Waals surface area contributed by atoms with Crippen molar-refractivity contribution < 1.29 is 39.0 Å². The van der Waals surface area contributed by atoms with Crippen molar-refractivity contribution in [2.75, 3.05) is 4.90 Å². The van der Waals surface area contributed by atoms with E-state index in [1.807, 2.05) is 6.92 Å².